The molecule has 1 amide bonds. The minimum Gasteiger partial charge on any atom is -0.478 e. The van der Waals surface area contributed by atoms with Gasteiger partial charge in [-0.15, -0.1) is 13.2 Å². The van der Waals surface area contributed by atoms with Gasteiger partial charge in [-0.3, -0.25) is 4.79 Å². The highest BCUT2D eigenvalue weighted by molar-refractivity contribution is 6.54. The van der Waals surface area contributed by atoms with Crippen LogP contribution in [-0.2, 0) is 0 Å². The molecular formula is C15H6Cl4F3NO4. The number of aromatic carboxylic acids is 1. The Hall–Kier alpha value is -1.87. The number of anilines is 1. The number of benzene rings is 2. The Morgan fingerprint density at radius 3 is 1.81 bits per heavy atom. The van der Waals surface area contributed by atoms with Gasteiger partial charge in [0, 0.05) is 5.69 Å². The van der Waals surface area contributed by atoms with E-state index in [-0.39, 0.29) is 15.7 Å². The number of hydrogen-bond donors (Lipinski definition) is 2. The quantitative estimate of drug-likeness (QED) is 0.422. The van der Waals surface area contributed by atoms with Crippen LogP contribution in [0.25, 0.3) is 0 Å². The molecule has 2 aromatic carbocycles. The maximum Gasteiger partial charge on any atom is 0.573 e. The van der Waals surface area contributed by atoms with Gasteiger partial charge in [-0.2, -0.15) is 0 Å². The molecule has 0 bridgehead atoms. The summed E-state index contributed by atoms with van der Waals surface area (Å²) in [5.74, 6) is -3.11. The first-order valence-electron chi connectivity index (χ1n) is 6.68. The summed E-state index contributed by atoms with van der Waals surface area (Å²) in [7, 11) is 0. The number of carbonyl (C=O) groups is 2. The highest BCUT2D eigenvalue weighted by Crippen LogP contribution is 2.41. The number of nitrogens with one attached hydrogen (secondary N) is 1. The second-order valence-corrected chi connectivity index (χ2v) is 6.35. The first kappa shape index (κ1) is 21.4. The van der Waals surface area contributed by atoms with E-state index in [4.69, 9.17) is 46.4 Å². The van der Waals surface area contributed by atoms with Crippen molar-refractivity contribution in [1.29, 1.82) is 0 Å². The molecule has 5 nitrogen and oxygen atoms in total. The SMILES string of the molecule is O=C(O)c1c(Cl)c(Cl)c(Cl)c(Cl)c1C(=O)Nc1ccc(OC(F)(F)F)cc1. The highest BCUT2D eigenvalue weighted by atomic mass is 35.5. The van der Waals surface area contributed by atoms with Gasteiger partial charge in [0.25, 0.3) is 5.91 Å². The first-order valence-corrected chi connectivity index (χ1v) is 8.20. The Labute approximate surface area is 169 Å². The molecule has 0 saturated heterocycles. The minimum absolute atomic E-state index is 0.0316. The molecule has 12 heteroatoms. The molecule has 0 fully saturated rings. The van der Waals surface area contributed by atoms with E-state index in [0.717, 1.165) is 24.3 Å². The monoisotopic (exact) mass is 461 g/mol. The lowest BCUT2D eigenvalue weighted by molar-refractivity contribution is -0.274. The Morgan fingerprint density at radius 1 is 0.889 bits per heavy atom. The van der Waals surface area contributed by atoms with Crippen LogP contribution in [0.3, 0.4) is 0 Å². The average Bonchev–Trinajstić information content (AvgIpc) is 2.56. The van der Waals surface area contributed by atoms with Crippen LogP contribution in [-0.4, -0.2) is 23.3 Å². The van der Waals surface area contributed by atoms with E-state index >= 15 is 0 Å². The summed E-state index contributed by atoms with van der Waals surface area (Å²) in [6.45, 7) is 0. The maximum atomic E-state index is 12.5. The number of alkyl halides is 3. The zero-order valence-electron chi connectivity index (χ0n) is 12.6. The lowest BCUT2D eigenvalue weighted by Gasteiger charge is -2.14. The number of halogens is 7. The molecule has 2 aromatic rings. The van der Waals surface area contributed by atoms with E-state index in [2.05, 4.69) is 10.1 Å². The van der Waals surface area contributed by atoms with Crippen LogP contribution in [0.4, 0.5) is 18.9 Å². The van der Waals surface area contributed by atoms with Crippen LogP contribution in [0.5, 0.6) is 5.75 Å². The number of rotatable bonds is 4. The molecule has 0 atom stereocenters. The van der Waals surface area contributed by atoms with Crippen molar-refractivity contribution in [2.24, 2.45) is 0 Å². The largest absolute Gasteiger partial charge is 0.573 e. The fourth-order valence-corrected chi connectivity index (χ4v) is 3.00. The van der Waals surface area contributed by atoms with E-state index in [1.54, 1.807) is 0 Å². The maximum absolute atomic E-state index is 12.5. The number of carboxylic acid groups (broad SMARTS) is 1. The van der Waals surface area contributed by atoms with Crippen LogP contribution >= 0.6 is 46.4 Å². The fourth-order valence-electron chi connectivity index (χ4n) is 1.98. The van der Waals surface area contributed by atoms with Crippen molar-refractivity contribution in [3.05, 3.63) is 55.5 Å². The van der Waals surface area contributed by atoms with E-state index < -0.39 is 45.2 Å². The Morgan fingerprint density at radius 2 is 1.37 bits per heavy atom. The molecule has 0 saturated carbocycles. The number of carboxylic acids is 1. The smallest absolute Gasteiger partial charge is 0.478 e. The molecule has 0 radical (unpaired) electrons. The molecule has 144 valence electrons. The Balaban J connectivity index is 2.38. The summed E-state index contributed by atoms with van der Waals surface area (Å²) in [4.78, 5) is 23.9. The molecule has 0 heterocycles. The van der Waals surface area contributed by atoms with Crippen molar-refractivity contribution >= 4 is 64.0 Å². The van der Waals surface area contributed by atoms with Crippen LogP contribution in [0.2, 0.25) is 20.1 Å². The standard InChI is InChI=1S/C15H6Cl4F3NO4/c16-9-7(8(14(25)26)10(17)12(19)11(9)18)13(24)23-5-1-3-6(4-2-5)27-15(20,21)22/h1-4H,(H,23,24)(H,25,26). The normalized spacial score (nSPS) is 11.2. The van der Waals surface area contributed by atoms with E-state index in [1.807, 2.05) is 0 Å². The lowest BCUT2D eigenvalue weighted by Crippen LogP contribution is -2.18. The van der Waals surface area contributed by atoms with Gasteiger partial charge in [0.05, 0.1) is 31.2 Å². The van der Waals surface area contributed by atoms with Crippen molar-refractivity contribution in [3.8, 4) is 5.75 Å². The van der Waals surface area contributed by atoms with Crippen LogP contribution < -0.4 is 10.1 Å². The van der Waals surface area contributed by atoms with Crippen molar-refractivity contribution in [3.63, 3.8) is 0 Å². The van der Waals surface area contributed by atoms with E-state index in [0.29, 0.717) is 0 Å². The minimum atomic E-state index is -4.87. The number of carbonyl (C=O) groups excluding carboxylic acids is 1. The van der Waals surface area contributed by atoms with Gasteiger partial charge in [0.1, 0.15) is 5.75 Å². The predicted octanol–water partition coefficient (Wildman–Crippen LogP) is 6.15. The molecule has 0 spiro atoms. The van der Waals surface area contributed by atoms with Crippen LogP contribution in [0, 0.1) is 0 Å². The van der Waals surface area contributed by atoms with Crippen LogP contribution in [0.1, 0.15) is 20.7 Å². The first-order chi connectivity index (χ1) is 12.4. The molecule has 0 aliphatic rings. The molecule has 2 rings (SSSR count). The third-order valence-corrected chi connectivity index (χ3v) is 4.86. The van der Waals surface area contributed by atoms with E-state index in [9.17, 15) is 27.9 Å². The molecule has 0 aliphatic heterocycles. The third kappa shape index (κ3) is 4.90. The summed E-state index contributed by atoms with van der Waals surface area (Å²) in [6, 6.07) is 4.11. The van der Waals surface area contributed by atoms with Gasteiger partial charge in [0.15, 0.2) is 0 Å². The molecular weight excluding hydrogens is 457 g/mol. The molecule has 27 heavy (non-hydrogen) atoms. The number of amides is 1. The summed E-state index contributed by atoms with van der Waals surface area (Å²) in [5.41, 5.74) is -1.20. The van der Waals surface area contributed by atoms with Crippen molar-refractivity contribution < 1.29 is 32.6 Å². The zero-order chi connectivity index (χ0) is 20.5. The number of ether oxygens (including phenoxy) is 1. The third-order valence-electron chi connectivity index (χ3n) is 3.05. The fraction of sp³-hybridized carbons (Fsp3) is 0.0667. The summed E-state index contributed by atoms with van der Waals surface area (Å²) in [6.07, 6.45) is -4.87. The topological polar surface area (TPSA) is 75.6 Å². The summed E-state index contributed by atoms with van der Waals surface area (Å²) < 4.78 is 40.1. The second-order valence-electron chi connectivity index (χ2n) is 4.84. The molecule has 0 aromatic heterocycles. The van der Waals surface area contributed by atoms with Gasteiger partial charge in [-0.1, -0.05) is 46.4 Å². The van der Waals surface area contributed by atoms with Crippen molar-refractivity contribution in [2.45, 2.75) is 6.36 Å². The Kier molecular flexibility index (Phi) is 6.36. The molecule has 0 aliphatic carbocycles. The molecule has 0 unspecified atom stereocenters. The zero-order valence-corrected chi connectivity index (χ0v) is 15.7. The van der Waals surface area contributed by atoms with Crippen molar-refractivity contribution in [1.82, 2.24) is 0 Å². The van der Waals surface area contributed by atoms with Gasteiger partial charge in [-0.25, -0.2) is 4.79 Å². The summed E-state index contributed by atoms with van der Waals surface area (Å²) in [5, 5.41) is 9.97. The van der Waals surface area contributed by atoms with Gasteiger partial charge < -0.3 is 15.2 Å². The highest BCUT2D eigenvalue weighted by Gasteiger charge is 2.31. The van der Waals surface area contributed by atoms with Gasteiger partial charge in [0.2, 0.25) is 0 Å². The van der Waals surface area contributed by atoms with Crippen LogP contribution in [0.15, 0.2) is 24.3 Å². The lowest BCUT2D eigenvalue weighted by atomic mass is 10.1. The Bertz CT molecular complexity index is 917. The predicted molar refractivity (Wildman–Crippen MR) is 94.5 cm³/mol. The van der Waals surface area contributed by atoms with E-state index in [1.165, 1.54) is 0 Å². The van der Waals surface area contributed by atoms with Gasteiger partial charge in [-0.05, 0) is 24.3 Å². The van der Waals surface area contributed by atoms with Gasteiger partial charge >= 0.3 is 12.3 Å². The second kappa shape index (κ2) is 8.02. The average molecular weight is 463 g/mol. The summed E-state index contributed by atoms with van der Waals surface area (Å²) >= 11 is 23.4. The molecule has 2 N–H and O–H groups in total. The van der Waals surface area contributed by atoms with Crippen molar-refractivity contribution in [2.75, 3.05) is 5.32 Å². The number of hydrogen-bond acceptors (Lipinski definition) is 3.